The number of nitrogens with zero attached hydrogens (tertiary/aromatic N) is 1. The van der Waals surface area contributed by atoms with Crippen molar-refractivity contribution in [3.8, 4) is 0 Å². The summed E-state index contributed by atoms with van der Waals surface area (Å²) in [6.07, 6.45) is 1.90. The van der Waals surface area contributed by atoms with E-state index in [0.29, 0.717) is 6.73 Å². The Morgan fingerprint density at radius 1 is 1.70 bits per heavy atom. The summed E-state index contributed by atoms with van der Waals surface area (Å²) < 4.78 is 4.94. The Bertz CT molecular complexity index is 95.6. The highest BCUT2D eigenvalue weighted by atomic mass is 16.5. The Hall–Kier alpha value is -0.120. The number of likely N-dealkylation sites (tertiary alicyclic amines) is 1. The van der Waals surface area contributed by atoms with Gasteiger partial charge in [0, 0.05) is 20.2 Å². The first-order chi connectivity index (χ1) is 4.83. The highest BCUT2D eigenvalue weighted by Crippen LogP contribution is 2.08. The van der Waals surface area contributed by atoms with E-state index in [4.69, 9.17) is 4.74 Å². The van der Waals surface area contributed by atoms with Crippen LogP contribution in [0.1, 0.15) is 12.8 Å². The van der Waals surface area contributed by atoms with Crippen LogP contribution in [0.3, 0.4) is 0 Å². The predicted molar refractivity (Wildman–Crippen MR) is 38.7 cm³/mol. The molecule has 1 saturated heterocycles. The highest BCUT2D eigenvalue weighted by molar-refractivity contribution is 4.69. The Labute approximate surface area is 61.6 Å². The van der Waals surface area contributed by atoms with Gasteiger partial charge in [-0.1, -0.05) is 0 Å². The first-order valence-corrected chi connectivity index (χ1v) is 3.72. The molecular formula is C7H15NO2. The van der Waals surface area contributed by atoms with Gasteiger partial charge in [-0.15, -0.1) is 0 Å². The molecule has 0 aromatic carbocycles. The van der Waals surface area contributed by atoms with E-state index in [0.717, 1.165) is 25.9 Å². The number of rotatable bonds is 2. The summed E-state index contributed by atoms with van der Waals surface area (Å²) in [5.74, 6) is 0. The fourth-order valence-corrected chi connectivity index (χ4v) is 1.33. The lowest BCUT2D eigenvalue weighted by Gasteiger charge is -2.28. The van der Waals surface area contributed by atoms with Gasteiger partial charge in [-0.25, -0.2) is 0 Å². The molecule has 0 amide bonds. The molecule has 1 heterocycles. The van der Waals surface area contributed by atoms with Crippen LogP contribution in [0.5, 0.6) is 0 Å². The fourth-order valence-electron chi connectivity index (χ4n) is 1.33. The summed E-state index contributed by atoms with van der Waals surface area (Å²) in [7, 11) is 1.68. The van der Waals surface area contributed by atoms with Crippen molar-refractivity contribution in [1.29, 1.82) is 0 Å². The largest absolute Gasteiger partial charge is 0.392 e. The van der Waals surface area contributed by atoms with Crippen LogP contribution in [0.25, 0.3) is 0 Å². The number of hydrogen-bond donors (Lipinski definition) is 1. The maximum atomic E-state index is 9.21. The Morgan fingerprint density at radius 3 is 3.10 bits per heavy atom. The molecule has 0 aliphatic carbocycles. The fraction of sp³-hybridized carbons (Fsp3) is 1.00. The van der Waals surface area contributed by atoms with Crippen LogP contribution in [0, 0.1) is 0 Å². The number of aliphatic hydroxyl groups is 1. The van der Waals surface area contributed by atoms with E-state index in [1.54, 1.807) is 7.11 Å². The van der Waals surface area contributed by atoms with Gasteiger partial charge in [-0.2, -0.15) is 0 Å². The van der Waals surface area contributed by atoms with Crippen LogP contribution in [0.15, 0.2) is 0 Å². The van der Waals surface area contributed by atoms with Gasteiger partial charge >= 0.3 is 0 Å². The van der Waals surface area contributed by atoms with Crippen molar-refractivity contribution in [1.82, 2.24) is 4.90 Å². The van der Waals surface area contributed by atoms with Crippen LogP contribution < -0.4 is 0 Å². The van der Waals surface area contributed by atoms with Gasteiger partial charge < -0.3 is 9.84 Å². The van der Waals surface area contributed by atoms with Crippen molar-refractivity contribution >= 4 is 0 Å². The average Bonchev–Trinajstić information content (AvgIpc) is 1.88. The standard InChI is InChI=1S/C7H15NO2/c1-10-6-8-4-2-3-7(9)5-8/h7,9H,2-6H2,1H3. The second-order valence-corrected chi connectivity index (χ2v) is 2.79. The van der Waals surface area contributed by atoms with E-state index in [9.17, 15) is 5.11 Å². The second kappa shape index (κ2) is 3.91. The molecule has 1 fully saturated rings. The molecule has 0 bridgehead atoms. The van der Waals surface area contributed by atoms with Gasteiger partial charge in [0.05, 0.1) is 12.8 Å². The summed E-state index contributed by atoms with van der Waals surface area (Å²) in [5, 5.41) is 9.21. The number of methoxy groups -OCH3 is 1. The van der Waals surface area contributed by atoms with Crippen molar-refractivity contribution in [2.24, 2.45) is 0 Å². The minimum atomic E-state index is -0.135. The molecule has 1 rings (SSSR count). The summed E-state index contributed by atoms with van der Waals surface area (Å²) in [6, 6.07) is 0. The third-order valence-electron chi connectivity index (χ3n) is 1.79. The molecular weight excluding hydrogens is 130 g/mol. The molecule has 10 heavy (non-hydrogen) atoms. The lowest BCUT2D eigenvalue weighted by Crippen LogP contribution is -2.39. The predicted octanol–water partition coefficient (Wildman–Crippen LogP) is 0.0470. The van der Waals surface area contributed by atoms with E-state index in [-0.39, 0.29) is 6.10 Å². The van der Waals surface area contributed by atoms with Crippen molar-refractivity contribution in [3.05, 3.63) is 0 Å². The maximum Gasteiger partial charge on any atom is 0.0987 e. The molecule has 3 heteroatoms. The molecule has 1 N–H and O–H groups in total. The Balaban J connectivity index is 2.18. The lowest BCUT2D eigenvalue weighted by atomic mass is 10.1. The first-order valence-electron chi connectivity index (χ1n) is 3.72. The molecule has 0 aromatic heterocycles. The molecule has 0 saturated carbocycles. The maximum absolute atomic E-state index is 9.21. The van der Waals surface area contributed by atoms with Crippen LogP contribution in [0.2, 0.25) is 0 Å². The van der Waals surface area contributed by atoms with Gasteiger partial charge in [0.15, 0.2) is 0 Å². The van der Waals surface area contributed by atoms with Crippen molar-refractivity contribution in [2.75, 3.05) is 26.9 Å². The number of hydrogen-bond acceptors (Lipinski definition) is 3. The summed E-state index contributed by atoms with van der Waals surface area (Å²) in [6.45, 7) is 2.48. The van der Waals surface area contributed by atoms with Crippen LogP contribution in [0.4, 0.5) is 0 Å². The molecule has 1 aliphatic heterocycles. The monoisotopic (exact) mass is 145 g/mol. The van der Waals surface area contributed by atoms with Crippen molar-refractivity contribution < 1.29 is 9.84 Å². The molecule has 0 spiro atoms. The zero-order valence-electron chi connectivity index (χ0n) is 6.42. The molecule has 60 valence electrons. The number of piperidine rings is 1. The van der Waals surface area contributed by atoms with Gasteiger partial charge in [0.25, 0.3) is 0 Å². The van der Waals surface area contributed by atoms with E-state index >= 15 is 0 Å². The minimum absolute atomic E-state index is 0.135. The molecule has 1 aliphatic rings. The Morgan fingerprint density at radius 2 is 2.50 bits per heavy atom. The van der Waals surface area contributed by atoms with Gasteiger partial charge in [0.2, 0.25) is 0 Å². The van der Waals surface area contributed by atoms with E-state index in [2.05, 4.69) is 4.90 Å². The topological polar surface area (TPSA) is 32.7 Å². The summed E-state index contributed by atoms with van der Waals surface area (Å²) in [5.41, 5.74) is 0. The zero-order valence-corrected chi connectivity index (χ0v) is 6.42. The average molecular weight is 145 g/mol. The van der Waals surface area contributed by atoms with Crippen molar-refractivity contribution in [2.45, 2.75) is 18.9 Å². The quantitative estimate of drug-likeness (QED) is 0.596. The van der Waals surface area contributed by atoms with E-state index < -0.39 is 0 Å². The second-order valence-electron chi connectivity index (χ2n) is 2.79. The molecule has 1 atom stereocenters. The van der Waals surface area contributed by atoms with Gasteiger partial charge in [-0.3, -0.25) is 4.90 Å². The number of aliphatic hydroxyl groups excluding tert-OH is 1. The lowest BCUT2D eigenvalue weighted by molar-refractivity contribution is 0.00186. The van der Waals surface area contributed by atoms with Gasteiger partial charge in [0.1, 0.15) is 0 Å². The summed E-state index contributed by atoms with van der Waals surface area (Å²) >= 11 is 0. The van der Waals surface area contributed by atoms with Crippen LogP contribution in [-0.2, 0) is 4.74 Å². The molecule has 3 nitrogen and oxygen atoms in total. The summed E-state index contributed by atoms with van der Waals surface area (Å²) in [4.78, 5) is 2.12. The van der Waals surface area contributed by atoms with Crippen LogP contribution in [-0.4, -0.2) is 43.0 Å². The van der Waals surface area contributed by atoms with Crippen LogP contribution >= 0.6 is 0 Å². The van der Waals surface area contributed by atoms with E-state index in [1.165, 1.54) is 0 Å². The number of β-amino-alcohol motifs (C(OH)–C–C–N with tert-alkyl or cyclic N) is 1. The first kappa shape index (κ1) is 7.98. The normalized spacial score (nSPS) is 28.8. The van der Waals surface area contributed by atoms with Gasteiger partial charge in [-0.05, 0) is 12.8 Å². The molecule has 0 aromatic rings. The third-order valence-corrected chi connectivity index (χ3v) is 1.79. The van der Waals surface area contributed by atoms with E-state index in [1.807, 2.05) is 0 Å². The minimum Gasteiger partial charge on any atom is -0.392 e. The molecule has 0 radical (unpaired) electrons. The van der Waals surface area contributed by atoms with Crippen molar-refractivity contribution in [3.63, 3.8) is 0 Å². The Kier molecular flexibility index (Phi) is 3.12. The highest BCUT2D eigenvalue weighted by Gasteiger charge is 2.16. The third kappa shape index (κ3) is 2.25. The smallest absolute Gasteiger partial charge is 0.0987 e. The molecule has 1 unspecified atom stereocenters. The zero-order chi connectivity index (χ0) is 7.40. The number of ether oxygens (including phenoxy) is 1. The SMILES string of the molecule is COCN1CCCC(O)C1.